The number of hydrogen-bond donors (Lipinski definition) is 1. The smallest absolute Gasteiger partial charge is 0.287 e. The highest BCUT2D eigenvalue weighted by molar-refractivity contribution is 6.36. The summed E-state index contributed by atoms with van der Waals surface area (Å²) in [5.74, 6) is -1.34. The van der Waals surface area contributed by atoms with Crippen molar-refractivity contribution >= 4 is 17.5 Å². The molecular weight excluding hydrogens is 146 g/mol. The number of rotatable bonds is 4. The van der Waals surface area contributed by atoms with Gasteiger partial charge in [-0.05, 0) is 6.92 Å². The maximum atomic E-state index is 10.7. The molecule has 0 aliphatic heterocycles. The molecule has 62 valence electrons. The molecule has 1 amide bonds. The monoisotopic (exact) mass is 157 g/mol. The molecule has 0 aromatic rings. The maximum Gasteiger partial charge on any atom is 0.287 e. The lowest BCUT2D eigenvalue weighted by atomic mass is 10.3. The van der Waals surface area contributed by atoms with Crippen molar-refractivity contribution in [2.24, 2.45) is 0 Å². The van der Waals surface area contributed by atoms with Crippen LogP contribution >= 0.6 is 0 Å². The molecule has 0 aliphatic carbocycles. The second-order valence-corrected chi connectivity index (χ2v) is 2.16. The summed E-state index contributed by atoms with van der Waals surface area (Å²) in [5, 5.41) is 2.19. The number of carbonyl (C=O) groups excluding carboxylic acids is 3. The van der Waals surface area contributed by atoms with E-state index in [9.17, 15) is 14.4 Å². The minimum absolute atomic E-state index is 0.0649. The molecule has 1 N–H and O–H groups in total. The Hall–Kier alpha value is -1.19. The Balaban J connectivity index is 3.70. The van der Waals surface area contributed by atoms with Crippen LogP contribution in [0, 0.1) is 0 Å². The maximum absolute atomic E-state index is 10.7. The van der Waals surface area contributed by atoms with E-state index in [1.54, 1.807) is 6.92 Å². The van der Waals surface area contributed by atoms with Crippen molar-refractivity contribution in [2.45, 2.75) is 20.3 Å². The molecule has 0 spiro atoms. The van der Waals surface area contributed by atoms with Crippen LogP contribution in [-0.2, 0) is 14.4 Å². The van der Waals surface area contributed by atoms with Crippen molar-refractivity contribution < 1.29 is 14.4 Å². The first-order chi connectivity index (χ1) is 5.07. The summed E-state index contributed by atoms with van der Waals surface area (Å²) in [6, 6.07) is 0. The molecule has 0 unspecified atom stereocenters. The van der Waals surface area contributed by atoms with Gasteiger partial charge in [-0.15, -0.1) is 0 Å². The first-order valence-corrected chi connectivity index (χ1v) is 3.38. The van der Waals surface area contributed by atoms with Gasteiger partial charge in [0.2, 0.25) is 5.78 Å². The van der Waals surface area contributed by atoms with E-state index in [1.165, 1.54) is 6.92 Å². The first kappa shape index (κ1) is 9.81. The van der Waals surface area contributed by atoms with Crippen molar-refractivity contribution in [3.8, 4) is 0 Å². The Bertz CT molecular complexity index is 186. The van der Waals surface area contributed by atoms with E-state index in [0.29, 0.717) is 0 Å². The standard InChI is InChI=1S/C7H11NO3/c1-3-6(10)7(11)8-4-5(2)9/h3-4H2,1-2H3,(H,8,11). The van der Waals surface area contributed by atoms with Crippen LogP contribution in [0.15, 0.2) is 0 Å². The van der Waals surface area contributed by atoms with Crippen molar-refractivity contribution in [2.75, 3.05) is 6.54 Å². The minimum Gasteiger partial charge on any atom is -0.342 e. The molecule has 0 atom stereocenters. The van der Waals surface area contributed by atoms with Crippen LogP contribution in [0.5, 0.6) is 0 Å². The predicted molar refractivity (Wildman–Crippen MR) is 39.0 cm³/mol. The molecule has 0 bridgehead atoms. The fourth-order valence-electron chi connectivity index (χ4n) is 0.464. The number of carbonyl (C=O) groups is 3. The molecular formula is C7H11NO3. The third-order valence-electron chi connectivity index (χ3n) is 1.07. The third-order valence-corrected chi connectivity index (χ3v) is 1.07. The first-order valence-electron chi connectivity index (χ1n) is 3.38. The fourth-order valence-corrected chi connectivity index (χ4v) is 0.464. The molecule has 0 saturated heterocycles. The van der Waals surface area contributed by atoms with Gasteiger partial charge < -0.3 is 5.32 Å². The zero-order chi connectivity index (χ0) is 8.85. The van der Waals surface area contributed by atoms with E-state index in [1.807, 2.05) is 0 Å². The normalized spacial score (nSPS) is 8.91. The molecule has 0 heterocycles. The summed E-state index contributed by atoms with van der Waals surface area (Å²) in [6.45, 7) is 2.87. The summed E-state index contributed by atoms with van der Waals surface area (Å²) in [6.07, 6.45) is 0.170. The number of amides is 1. The van der Waals surface area contributed by atoms with Crippen LogP contribution in [-0.4, -0.2) is 24.0 Å². The van der Waals surface area contributed by atoms with Crippen LogP contribution in [0.25, 0.3) is 0 Å². The third kappa shape index (κ3) is 4.25. The van der Waals surface area contributed by atoms with Gasteiger partial charge in [0.1, 0.15) is 5.78 Å². The van der Waals surface area contributed by atoms with Crippen molar-refractivity contribution in [1.82, 2.24) is 5.32 Å². The molecule has 11 heavy (non-hydrogen) atoms. The van der Waals surface area contributed by atoms with E-state index in [4.69, 9.17) is 0 Å². The van der Waals surface area contributed by atoms with E-state index in [2.05, 4.69) is 5.32 Å². The van der Waals surface area contributed by atoms with Crippen molar-refractivity contribution in [1.29, 1.82) is 0 Å². The van der Waals surface area contributed by atoms with Crippen LogP contribution in [0.1, 0.15) is 20.3 Å². The molecule has 0 aromatic carbocycles. The topological polar surface area (TPSA) is 63.2 Å². The van der Waals surface area contributed by atoms with Gasteiger partial charge in [0, 0.05) is 6.42 Å². The minimum atomic E-state index is -0.678. The number of nitrogens with one attached hydrogen (secondary N) is 1. The highest BCUT2D eigenvalue weighted by Crippen LogP contribution is 1.79. The zero-order valence-corrected chi connectivity index (χ0v) is 6.64. The highest BCUT2D eigenvalue weighted by atomic mass is 16.2. The fraction of sp³-hybridized carbons (Fsp3) is 0.571. The zero-order valence-electron chi connectivity index (χ0n) is 6.64. The van der Waals surface area contributed by atoms with E-state index >= 15 is 0 Å². The van der Waals surface area contributed by atoms with Gasteiger partial charge in [-0.3, -0.25) is 14.4 Å². The van der Waals surface area contributed by atoms with Gasteiger partial charge in [0.25, 0.3) is 5.91 Å². The Morgan fingerprint density at radius 3 is 2.18 bits per heavy atom. The molecule has 0 aliphatic rings. The highest BCUT2D eigenvalue weighted by Gasteiger charge is 2.09. The number of hydrogen-bond acceptors (Lipinski definition) is 3. The molecule has 0 aromatic heterocycles. The largest absolute Gasteiger partial charge is 0.342 e. The molecule has 0 radical (unpaired) electrons. The molecule has 4 nitrogen and oxygen atoms in total. The number of ketones is 2. The van der Waals surface area contributed by atoms with Crippen LogP contribution in [0.4, 0.5) is 0 Å². The van der Waals surface area contributed by atoms with Gasteiger partial charge in [-0.2, -0.15) is 0 Å². The second-order valence-electron chi connectivity index (χ2n) is 2.16. The van der Waals surface area contributed by atoms with Gasteiger partial charge in [0.05, 0.1) is 6.54 Å². The molecule has 4 heteroatoms. The van der Waals surface area contributed by atoms with Crippen LogP contribution in [0.3, 0.4) is 0 Å². The molecule has 0 saturated carbocycles. The van der Waals surface area contributed by atoms with Gasteiger partial charge >= 0.3 is 0 Å². The quantitative estimate of drug-likeness (QED) is 0.568. The van der Waals surface area contributed by atoms with E-state index in [0.717, 1.165) is 0 Å². The average Bonchev–Trinajstić information content (AvgIpc) is 1.98. The van der Waals surface area contributed by atoms with Crippen molar-refractivity contribution in [3.05, 3.63) is 0 Å². The Kier molecular flexibility index (Phi) is 4.10. The van der Waals surface area contributed by atoms with Crippen molar-refractivity contribution in [3.63, 3.8) is 0 Å². The Morgan fingerprint density at radius 1 is 1.27 bits per heavy atom. The van der Waals surface area contributed by atoms with Crippen LogP contribution < -0.4 is 5.32 Å². The van der Waals surface area contributed by atoms with E-state index < -0.39 is 11.7 Å². The predicted octanol–water partition coefficient (Wildman–Crippen LogP) is -0.329. The Labute approximate surface area is 65.0 Å². The summed E-state index contributed by atoms with van der Waals surface area (Å²) < 4.78 is 0. The lowest BCUT2D eigenvalue weighted by Crippen LogP contribution is -2.33. The second kappa shape index (κ2) is 4.60. The van der Waals surface area contributed by atoms with Gasteiger partial charge in [0.15, 0.2) is 0 Å². The summed E-state index contributed by atoms with van der Waals surface area (Å²) in [5.41, 5.74) is 0. The average molecular weight is 157 g/mol. The summed E-state index contributed by atoms with van der Waals surface area (Å²) >= 11 is 0. The lowest BCUT2D eigenvalue weighted by molar-refractivity contribution is -0.138. The number of Topliss-reactive ketones (excluding diaryl/α,β-unsaturated/α-hetero) is 2. The summed E-state index contributed by atoms with van der Waals surface area (Å²) in [7, 11) is 0. The molecule has 0 rings (SSSR count). The van der Waals surface area contributed by atoms with Crippen LogP contribution in [0.2, 0.25) is 0 Å². The van der Waals surface area contributed by atoms with Gasteiger partial charge in [-0.1, -0.05) is 6.92 Å². The summed E-state index contributed by atoms with van der Waals surface area (Å²) in [4.78, 5) is 31.6. The lowest BCUT2D eigenvalue weighted by Gasteiger charge is -1.98. The van der Waals surface area contributed by atoms with E-state index in [-0.39, 0.29) is 18.7 Å². The Morgan fingerprint density at radius 2 is 1.82 bits per heavy atom. The van der Waals surface area contributed by atoms with Gasteiger partial charge in [-0.25, -0.2) is 0 Å². The SMILES string of the molecule is CCC(=O)C(=O)NCC(C)=O. The molecule has 0 fully saturated rings.